The Bertz CT molecular complexity index is 522. The van der Waals surface area contributed by atoms with Crippen LogP contribution in [0.4, 0.5) is 0 Å². The lowest BCUT2D eigenvalue weighted by Gasteiger charge is -2.30. The highest BCUT2D eigenvalue weighted by atomic mass is 35.5. The summed E-state index contributed by atoms with van der Waals surface area (Å²) < 4.78 is 0. The molecule has 23 heavy (non-hydrogen) atoms. The largest absolute Gasteiger partial charge is 0.356 e. The molecule has 0 radical (unpaired) electrons. The fourth-order valence-electron chi connectivity index (χ4n) is 3.08. The zero-order chi connectivity index (χ0) is 16.7. The number of hydrogen-bond donors (Lipinski definition) is 1. The first-order chi connectivity index (χ1) is 11.0. The number of nitrogens with one attached hydrogen (secondary N) is 1. The molecule has 3 nitrogen and oxygen atoms in total. The lowest BCUT2D eigenvalue weighted by atomic mass is 10.0. The maximum atomic E-state index is 11.9. The van der Waals surface area contributed by atoms with Gasteiger partial charge in [0.1, 0.15) is 0 Å². The van der Waals surface area contributed by atoms with Gasteiger partial charge in [0.2, 0.25) is 5.91 Å². The molecule has 0 unspecified atom stereocenters. The second-order valence-corrected chi connectivity index (χ2v) is 7.33. The Hall–Kier alpha value is -0.770. The van der Waals surface area contributed by atoms with Gasteiger partial charge in [0.25, 0.3) is 0 Å². The summed E-state index contributed by atoms with van der Waals surface area (Å²) in [5.41, 5.74) is 0.966. The number of benzene rings is 1. The number of amides is 1. The lowest BCUT2D eigenvalue weighted by Crippen LogP contribution is -2.36. The first kappa shape index (κ1) is 18.6. The summed E-state index contributed by atoms with van der Waals surface area (Å²) in [5, 5.41) is 4.25. The van der Waals surface area contributed by atoms with E-state index in [0.717, 1.165) is 31.0 Å². The van der Waals surface area contributed by atoms with E-state index in [1.165, 1.54) is 25.9 Å². The smallest absolute Gasteiger partial charge is 0.220 e. The van der Waals surface area contributed by atoms with Crippen LogP contribution in [0, 0.1) is 5.92 Å². The number of rotatable bonds is 7. The summed E-state index contributed by atoms with van der Waals surface area (Å²) in [4.78, 5) is 14.4. The zero-order valence-electron chi connectivity index (χ0n) is 13.8. The Labute approximate surface area is 149 Å². The van der Waals surface area contributed by atoms with E-state index >= 15 is 0 Å². The van der Waals surface area contributed by atoms with Crippen molar-refractivity contribution < 1.29 is 4.79 Å². The van der Waals surface area contributed by atoms with Crippen LogP contribution in [0.25, 0.3) is 0 Å². The summed E-state index contributed by atoms with van der Waals surface area (Å²) in [6.07, 6.45) is 4.77. The van der Waals surface area contributed by atoms with Crippen LogP contribution in [0.5, 0.6) is 0 Å². The first-order valence-electron chi connectivity index (χ1n) is 8.47. The Morgan fingerprint density at radius 1 is 1.39 bits per heavy atom. The molecular formula is C18H26Cl2N2O. The van der Waals surface area contributed by atoms with E-state index in [4.69, 9.17) is 23.2 Å². The minimum absolute atomic E-state index is 0.0861. The van der Waals surface area contributed by atoms with Crippen LogP contribution >= 0.6 is 23.2 Å². The topological polar surface area (TPSA) is 32.3 Å². The maximum absolute atomic E-state index is 11.9. The molecule has 1 saturated heterocycles. The minimum atomic E-state index is 0.0861. The highest BCUT2D eigenvalue weighted by Crippen LogP contribution is 2.22. The van der Waals surface area contributed by atoms with Gasteiger partial charge >= 0.3 is 0 Å². The van der Waals surface area contributed by atoms with Gasteiger partial charge in [-0.3, -0.25) is 4.79 Å². The number of nitrogens with zero attached hydrogens (tertiary/aromatic N) is 1. The monoisotopic (exact) mass is 356 g/mol. The van der Waals surface area contributed by atoms with Crippen molar-refractivity contribution in [3.63, 3.8) is 0 Å². The van der Waals surface area contributed by atoms with Crippen LogP contribution in [0.1, 0.15) is 38.2 Å². The molecule has 1 aliphatic heterocycles. The van der Waals surface area contributed by atoms with Crippen LogP contribution in [0.3, 0.4) is 0 Å². The summed E-state index contributed by atoms with van der Waals surface area (Å²) in [6, 6.07) is 5.41. The summed E-state index contributed by atoms with van der Waals surface area (Å²) >= 11 is 12.0. The number of carbonyl (C=O) groups excluding carboxylic acids is 1. The number of carbonyl (C=O) groups is 1. The van der Waals surface area contributed by atoms with Crippen molar-refractivity contribution in [2.75, 3.05) is 26.2 Å². The number of likely N-dealkylation sites (tertiary alicyclic amines) is 1. The predicted molar refractivity (Wildman–Crippen MR) is 97.2 cm³/mol. The van der Waals surface area contributed by atoms with Crippen LogP contribution < -0.4 is 5.32 Å². The van der Waals surface area contributed by atoms with E-state index in [2.05, 4.69) is 17.1 Å². The van der Waals surface area contributed by atoms with Gasteiger partial charge in [0, 0.05) is 29.6 Å². The van der Waals surface area contributed by atoms with E-state index in [1.807, 2.05) is 6.07 Å². The minimum Gasteiger partial charge on any atom is -0.356 e. The fraction of sp³-hybridized carbons (Fsp3) is 0.611. The lowest BCUT2D eigenvalue weighted by molar-refractivity contribution is -0.121. The molecule has 1 aliphatic rings. The van der Waals surface area contributed by atoms with E-state index in [0.29, 0.717) is 22.9 Å². The quantitative estimate of drug-likeness (QED) is 0.743. The third-order valence-corrected chi connectivity index (χ3v) is 4.94. The molecule has 1 atom stereocenters. The summed E-state index contributed by atoms with van der Waals surface area (Å²) in [5.74, 6) is 0.894. The van der Waals surface area contributed by atoms with E-state index in [1.54, 1.807) is 12.1 Å². The molecule has 0 aromatic heterocycles. The number of aryl methyl sites for hydroxylation is 1. The third-order valence-electron chi connectivity index (χ3n) is 4.35. The number of piperidine rings is 1. The van der Waals surface area contributed by atoms with E-state index in [-0.39, 0.29) is 5.91 Å². The highest BCUT2D eigenvalue weighted by molar-refractivity contribution is 6.35. The van der Waals surface area contributed by atoms with Gasteiger partial charge in [0.05, 0.1) is 0 Å². The Morgan fingerprint density at radius 3 is 2.96 bits per heavy atom. The molecule has 1 N–H and O–H groups in total. The molecule has 0 aliphatic carbocycles. The molecular weight excluding hydrogens is 331 g/mol. The van der Waals surface area contributed by atoms with Gasteiger partial charge in [-0.15, -0.1) is 0 Å². The number of halogens is 2. The normalized spacial score (nSPS) is 18.8. The van der Waals surface area contributed by atoms with Crippen molar-refractivity contribution in [3.8, 4) is 0 Å². The van der Waals surface area contributed by atoms with Crippen molar-refractivity contribution in [3.05, 3.63) is 33.8 Å². The molecule has 0 spiro atoms. The molecule has 128 valence electrons. The summed E-state index contributed by atoms with van der Waals surface area (Å²) in [7, 11) is 0. The molecule has 0 saturated carbocycles. The molecule has 1 aromatic carbocycles. The molecule has 5 heteroatoms. The van der Waals surface area contributed by atoms with Gasteiger partial charge in [-0.2, -0.15) is 0 Å². The standard InChI is InChI=1S/C18H26Cl2N2O/c1-14-4-2-10-22(13-14)11-3-9-21-18(23)8-6-15-5-7-16(19)12-17(15)20/h5,7,12,14H,2-4,6,8-11,13H2,1H3,(H,21,23)/t14-/m1/s1. The van der Waals surface area contributed by atoms with Crippen molar-refractivity contribution in [1.29, 1.82) is 0 Å². The van der Waals surface area contributed by atoms with Crippen molar-refractivity contribution in [1.82, 2.24) is 10.2 Å². The van der Waals surface area contributed by atoms with Crippen LogP contribution in [0.15, 0.2) is 18.2 Å². The van der Waals surface area contributed by atoms with Gasteiger partial charge in [0.15, 0.2) is 0 Å². The van der Waals surface area contributed by atoms with Crippen LogP contribution in [-0.2, 0) is 11.2 Å². The van der Waals surface area contributed by atoms with Gasteiger partial charge in [-0.25, -0.2) is 0 Å². The Balaban J connectivity index is 1.60. The van der Waals surface area contributed by atoms with Gasteiger partial charge in [-0.1, -0.05) is 36.2 Å². The van der Waals surface area contributed by atoms with Crippen LogP contribution in [0.2, 0.25) is 10.0 Å². The van der Waals surface area contributed by atoms with Crippen molar-refractivity contribution in [2.24, 2.45) is 5.92 Å². The summed E-state index contributed by atoms with van der Waals surface area (Å²) in [6.45, 7) is 6.54. The SMILES string of the molecule is C[C@@H]1CCCN(CCCNC(=O)CCc2ccc(Cl)cc2Cl)C1. The molecule has 1 heterocycles. The van der Waals surface area contributed by atoms with Gasteiger partial charge in [-0.05, 0) is 62.4 Å². The molecule has 2 rings (SSSR count). The van der Waals surface area contributed by atoms with E-state index < -0.39 is 0 Å². The van der Waals surface area contributed by atoms with Crippen molar-refractivity contribution >= 4 is 29.1 Å². The molecule has 1 aromatic rings. The third kappa shape index (κ3) is 6.70. The molecule has 1 amide bonds. The van der Waals surface area contributed by atoms with Crippen molar-refractivity contribution in [2.45, 2.75) is 39.0 Å². The average Bonchev–Trinajstić information content (AvgIpc) is 2.51. The average molecular weight is 357 g/mol. The Morgan fingerprint density at radius 2 is 2.22 bits per heavy atom. The van der Waals surface area contributed by atoms with Gasteiger partial charge < -0.3 is 10.2 Å². The highest BCUT2D eigenvalue weighted by Gasteiger charge is 2.15. The maximum Gasteiger partial charge on any atom is 0.220 e. The zero-order valence-corrected chi connectivity index (χ0v) is 15.3. The van der Waals surface area contributed by atoms with Crippen LogP contribution in [-0.4, -0.2) is 37.0 Å². The second-order valence-electron chi connectivity index (χ2n) is 6.49. The second kappa shape index (κ2) is 9.51. The first-order valence-corrected chi connectivity index (χ1v) is 9.23. The fourth-order valence-corrected chi connectivity index (χ4v) is 3.58. The van der Waals surface area contributed by atoms with E-state index in [9.17, 15) is 4.79 Å². The molecule has 0 bridgehead atoms. The molecule has 1 fully saturated rings. The predicted octanol–water partition coefficient (Wildman–Crippen LogP) is 4.16. The number of hydrogen-bond acceptors (Lipinski definition) is 2. The Kier molecular flexibility index (Phi) is 7.68.